The van der Waals surface area contributed by atoms with E-state index in [4.69, 9.17) is 10.00 Å². The van der Waals surface area contributed by atoms with Crippen molar-refractivity contribution < 1.29 is 4.74 Å². The fraction of sp³-hybridized carbons (Fsp3) is 0.900. The van der Waals surface area contributed by atoms with Crippen molar-refractivity contribution in [2.45, 2.75) is 50.9 Å². The third-order valence-corrected chi connectivity index (χ3v) is 2.63. The standard InChI is InChI=1S/C10H18N2O/c1-8(7-11)13-10-6-4-3-5-9(10)12-2/h8-10,12H,3-6H2,1-2H3. The van der Waals surface area contributed by atoms with Crippen molar-refractivity contribution in [1.29, 1.82) is 5.26 Å². The highest BCUT2D eigenvalue weighted by Gasteiger charge is 2.25. The predicted octanol–water partition coefficient (Wildman–Crippen LogP) is 1.45. The molecule has 74 valence electrons. The Morgan fingerprint density at radius 3 is 2.77 bits per heavy atom. The molecule has 1 fully saturated rings. The second-order valence-electron chi connectivity index (χ2n) is 3.63. The number of ether oxygens (including phenoxy) is 1. The molecule has 0 aliphatic heterocycles. The molecule has 3 atom stereocenters. The van der Waals surface area contributed by atoms with E-state index in [1.54, 1.807) is 6.92 Å². The van der Waals surface area contributed by atoms with Crippen LogP contribution in [0.2, 0.25) is 0 Å². The Morgan fingerprint density at radius 2 is 2.15 bits per heavy atom. The van der Waals surface area contributed by atoms with E-state index in [2.05, 4.69) is 11.4 Å². The van der Waals surface area contributed by atoms with Crippen LogP contribution in [0.4, 0.5) is 0 Å². The largest absolute Gasteiger partial charge is 0.359 e. The minimum absolute atomic E-state index is 0.230. The van der Waals surface area contributed by atoms with Gasteiger partial charge in [-0.25, -0.2) is 0 Å². The molecule has 3 nitrogen and oxygen atoms in total. The molecule has 0 saturated heterocycles. The molecular weight excluding hydrogens is 164 g/mol. The van der Waals surface area contributed by atoms with Gasteiger partial charge in [0.1, 0.15) is 6.10 Å². The van der Waals surface area contributed by atoms with E-state index in [0.717, 1.165) is 6.42 Å². The van der Waals surface area contributed by atoms with Gasteiger partial charge in [0.2, 0.25) is 0 Å². The molecule has 1 saturated carbocycles. The first-order chi connectivity index (χ1) is 6.27. The highest BCUT2D eigenvalue weighted by Crippen LogP contribution is 2.21. The number of nitrogens with one attached hydrogen (secondary N) is 1. The van der Waals surface area contributed by atoms with E-state index in [1.165, 1.54) is 19.3 Å². The maximum Gasteiger partial charge on any atom is 0.141 e. The monoisotopic (exact) mass is 182 g/mol. The molecule has 3 heteroatoms. The second-order valence-corrected chi connectivity index (χ2v) is 3.63. The molecule has 0 radical (unpaired) electrons. The van der Waals surface area contributed by atoms with Crippen molar-refractivity contribution in [2.24, 2.45) is 0 Å². The topological polar surface area (TPSA) is 45.0 Å². The molecule has 1 N–H and O–H groups in total. The van der Waals surface area contributed by atoms with Gasteiger partial charge in [0.05, 0.1) is 12.2 Å². The first-order valence-electron chi connectivity index (χ1n) is 5.00. The van der Waals surface area contributed by atoms with Crippen LogP contribution in [-0.2, 0) is 4.74 Å². The molecular formula is C10H18N2O. The summed E-state index contributed by atoms with van der Waals surface area (Å²) in [7, 11) is 1.96. The van der Waals surface area contributed by atoms with E-state index in [1.807, 2.05) is 7.05 Å². The number of nitriles is 1. The van der Waals surface area contributed by atoms with Gasteiger partial charge in [-0.3, -0.25) is 0 Å². The molecule has 13 heavy (non-hydrogen) atoms. The van der Waals surface area contributed by atoms with Crippen molar-refractivity contribution >= 4 is 0 Å². The van der Waals surface area contributed by atoms with Crippen LogP contribution in [0.15, 0.2) is 0 Å². The lowest BCUT2D eigenvalue weighted by atomic mass is 9.92. The van der Waals surface area contributed by atoms with Gasteiger partial charge in [-0.05, 0) is 26.8 Å². The summed E-state index contributed by atoms with van der Waals surface area (Å²) in [6.07, 6.45) is 4.69. The van der Waals surface area contributed by atoms with Crippen molar-refractivity contribution in [3.05, 3.63) is 0 Å². The maximum atomic E-state index is 8.63. The zero-order valence-corrected chi connectivity index (χ0v) is 8.42. The number of likely N-dealkylation sites (N-methyl/N-ethyl adjacent to an activating group) is 1. The summed E-state index contributed by atoms with van der Waals surface area (Å²) in [6, 6.07) is 2.54. The number of hydrogen-bond donors (Lipinski definition) is 1. The van der Waals surface area contributed by atoms with Crippen LogP contribution in [0.1, 0.15) is 32.6 Å². The van der Waals surface area contributed by atoms with Crippen LogP contribution in [0, 0.1) is 11.3 Å². The van der Waals surface area contributed by atoms with Gasteiger partial charge in [0.15, 0.2) is 0 Å². The first-order valence-corrected chi connectivity index (χ1v) is 5.00. The van der Waals surface area contributed by atoms with Gasteiger partial charge in [-0.2, -0.15) is 5.26 Å². The van der Waals surface area contributed by atoms with Crippen LogP contribution in [0.5, 0.6) is 0 Å². The third-order valence-electron chi connectivity index (χ3n) is 2.63. The molecule has 0 heterocycles. The van der Waals surface area contributed by atoms with Crippen LogP contribution in [0.3, 0.4) is 0 Å². The lowest BCUT2D eigenvalue weighted by Gasteiger charge is -2.31. The fourth-order valence-electron chi connectivity index (χ4n) is 1.88. The van der Waals surface area contributed by atoms with Gasteiger partial charge in [0, 0.05) is 6.04 Å². The highest BCUT2D eigenvalue weighted by molar-refractivity contribution is 4.86. The van der Waals surface area contributed by atoms with Gasteiger partial charge in [0.25, 0.3) is 0 Å². The molecule has 0 aromatic carbocycles. The van der Waals surface area contributed by atoms with E-state index in [-0.39, 0.29) is 12.2 Å². The van der Waals surface area contributed by atoms with E-state index in [9.17, 15) is 0 Å². The van der Waals surface area contributed by atoms with Crippen LogP contribution in [0.25, 0.3) is 0 Å². The minimum Gasteiger partial charge on any atom is -0.359 e. The van der Waals surface area contributed by atoms with Gasteiger partial charge in [-0.15, -0.1) is 0 Å². The van der Waals surface area contributed by atoms with Crippen LogP contribution < -0.4 is 5.32 Å². The third kappa shape index (κ3) is 2.98. The Balaban J connectivity index is 2.41. The minimum atomic E-state index is -0.279. The molecule has 0 amide bonds. The second kappa shape index (κ2) is 5.21. The molecule has 0 aromatic heterocycles. The van der Waals surface area contributed by atoms with Crippen molar-refractivity contribution in [2.75, 3.05) is 7.05 Å². The van der Waals surface area contributed by atoms with Gasteiger partial charge >= 0.3 is 0 Å². The molecule has 1 aliphatic carbocycles. The van der Waals surface area contributed by atoms with Crippen molar-refractivity contribution in [3.63, 3.8) is 0 Å². The molecule has 0 spiro atoms. The summed E-state index contributed by atoms with van der Waals surface area (Å²) in [5, 5.41) is 11.9. The lowest BCUT2D eigenvalue weighted by molar-refractivity contribution is -0.0144. The SMILES string of the molecule is CNC1CCCCC1OC(C)C#N. The Morgan fingerprint density at radius 1 is 1.46 bits per heavy atom. The zero-order valence-electron chi connectivity index (χ0n) is 8.42. The average Bonchev–Trinajstić information content (AvgIpc) is 2.18. The maximum absolute atomic E-state index is 8.63. The van der Waals surface area contributed by atoms with Gasteiger partial charge < -0.3 is 10.1 Å². The van der Waals surface area contributed by atoms with Crippen LogP contribution >= 0.6 is 0 Å². The molecule has 1 rings (SSSR count). The number of nitrogens with zero attached hydrogens (tertiary/aromatic N) is 1. The summed E-state index contributed by atoms with van der Waals surface area (Å²) >= 11 is 0. The Kier molecular flexibility index (Phi) is 4.20. The van der Waals surface area contributed by atoms with Crippen molar-refractivity contribution in [1.82, 2.24) is 5.32 Å². The molecule has 0 bridgehead atoms. The predicted molar refractivity (Wildman–Crippen MR) is 51.3 cm³/mol. The molecule has 3 unspecified atom stereocenters. The number of rotatable bonds is 3. The molecule has 0 aromatic rings. The normalized spacial score (nSPS) is 30.8. The van der Waals surface area contributed by atoms with Gasteiger partial charge in [-0.1, -0.05) is 12.8 Å². The first kappa shape index (κ1) is 10.5. The summed E-state index contributed by atoms with van der Waals surface area (Å²) in [4.78, 5) is 0. The van der Waals surface area contributed by atoms with E-state index in [0.29, 0.717) is 6.04 Å². The summed E-state index contributed by atoms with van der Waals surface area (Å²) in [6.45, 7) is 1.81. The fourth-order valence-corrected chi connectivity index (χ4v) is 1.88. The lowest BCUT2D eigenvalue weighted by Crippen LogP contribution is -2.42. The Bertz CT molecular complexity index is 188. The Labute approximate surface area is 80.1 Å². The highest BCUT2D eigenvalue weighted by atomic mass is 16.5. The smallest absolute Gasteiger partial charge is 0.141 e. The summed E-state index contributed by atoms with van der Waals surface area (Å²) in [5.74, 6) is 0. The van der Waals surface area contributed by atoms with E-state index < -0.39 is 0 Å². The van der Waals surface area contributed by atoms with Crippen LogP contribution in [-0.4, -0.2) is 25.3 Å². The van der Waals surface area contributed by atoms with Crippen molar-refractivity contribution in [3.8, 4) is 6.07 Å². The quantitative estimate of drug-likeness (QED) is 0.718. The van der Waals surface area contributed by atoms with E-state index >= 15 is 0 Å². The zero-order chi connectivity index (χ0) is 9.68. The number of hydrogen-bond acceptors (Lipinski definition) is 3. The molecule has 1 aliphatic rings. The summed E-state index contributed by atoms with van der Waals surface area (Å²) in [5.41, 5.74) is 0. The Hall–Kier alpha value is -0.590. The average molecular weight is 182 g/mol. The summed E-state index contributed by atoms with van der Waals surface area (Å²) < 4.78 is 5.62.